The first-order valence-corrected chi connectivity index (χ1v) is 8.32. The van der Waals surface area contributed by atoms with Crippen LogP contribution in [0.3, 0.4) is 0 Å². The van der Waals surface area contributed by atoms with Crippen molar-refractivity contribution in [2.45, 2.75) is 31.7 Å². The number of halogens is 1. The average Bonchev–Trinajstić information content (AvgIpc) is 3.21. The van der Waals surface area contributed by atoms with Crippen LogP contribution in [0.25, 0.3) is 11.0 Å². The minimum absolute atomic E-state index is 0.587. The first kappa shape index (κ1) is 13.1. The average molecular weight is 348 g/mol. The maximum atomic E-state index is 4.56. The molecule has 0 unspecified atom stereocenters. The first-order valence-electron chi connectivity index (χ1n) is 7.53. The van der Waals surface area contributed by atoms with Crippen molar-refractivity contribution in [2.24, 2.45) is 4.99 Å². The van der Waals surface area contributed by atoms with Crippen molar-refractivity contribution >= 4 is 38.6 Å². The monoisotopic (exact) mass is 347 g/mol. The summed E-state index contributed by atoms with van der Waals surface area (Å²) in [4.78, 5) is 8.95. The van der Waals surface area contributed by atoms with Crippen LogP contribution in [0.15, 0.2) is 27.9 Å². The number of anilines is 1. The quantitative estimate of drug-likeness (QED) is 0.876. The SMILES string of the molecule is Brc1c(NC2=NCCN2)ccc2ncn(C3CCCC3)c12. The Kier molecular flexibility index (Phi) is 3.33. The van der Waals surface area contributed by atoms with Gasteiger partial charge < -0.3 is 15.2 Å². The molecule has 2 N–H and O–H groups in total. The van der Waals surface area contributed by atoms with E-state index in [1.165, 1.54) is 31.2 Å². The molecular formula is C15H18BrN5. The zero-order chi connectivity index (χ0) is 14.2. The second-order valence-corrected chi connectivity index (χ2v) is 6.46. The molecule has 0 saturated heterocycles. The van der Waals surface area contributed by atoms with E-state index in [2.05, 4.69) is 53.2 Å². The lowest BCUT2D eigenvalue weighted by Crippen LogP contribution is -2.26. The highest BCUT2D eigenvalue weighted by Crippen LogP contribution is 2.37. The number of aliphatic imine (C=N–C) groups is 1. The second kappa shape index (κ2) is 5.33. The van der Waals surface area contributed by atoms with Gasteiger partial charge >= 0.3 is 0 Å². The number of nitrogens with zero attached hydrogens (tertiary/aromatic N) is 3. The van der Waals surface area contributed by atoms with Gasteiger partial charge in [-0.3, -0.25) is 4.99 Å². The molecule has 6 heteroatoms. The van der Waals surface area contributed by atoms with E-state index in [0.29, 0.717) is 6.04 Å². The molecule has 0 bridgehead atoms. The molecule has 0 radical (unpaired) electrons. The number of aromatic nitrogens is 2. The van der Waals surface area contributed by atoms with E-state index in [-0.39, 0.29) is 0 Å². The van der Waals surface area contributed by atoms with Gasteiger partial charge in [-0.1, -0.05) is 12.8 Å². The van der Waals surface area contributed by atoms with Crippen LogP contribution in [0.5, 0.6) is 0 Å². The fourth-order valence-electron chi connectivity index (χ4n) is 3.25. The van der Waals surface area contributed by atoms with Gasteiger partial charge in [0.1, 0.15) is 0 Å². The molecular weight excluding hydrogens is 330 g/mol. The molecule has 0 amide bonds. The summed E-state index contributed by atoms with van der Waals surface area (Å²) in [6, 6.07) is 4.72. The predicted molar refractivity (Wildman–Crippen MR) is 88.9 cm³/mol. The van der Waals surface area contributed by atoms with E-state index in [0.717, 1.165) is 34.7 Å². The molecule has 5 nitrogen and oxygen atoms in total. The smallest absolute Gasteiger partial charge is 0.195 e. The van der Waals surface area contributed by atoms with Gasteiger partial charge in [0.15, 0.2) is 5.96 Å². The highest BCUT2D eigenvalue weighted by Gasteiger charge is 2.21. The lowest BCUT2D eigenvalue weighted by molar-refractivity contribution is 0.532. The standard InChI is InChI=1S/C15H18BrN5/c16-13-11(20-15-17-7-8-18-15)5-6-12-14(13)21(9-19-12)10-3-1-2-4-10/h5-6,9-10H,1-4,7-8H2,(H2,17,18,20). The van der Waals surface area contributed by atoms with Crippen LogP contribution in [-0.2, 0) is 0 Å². The van der Waals surface area contributed by atoms with Crippen molar-refractivity contribution in [1.29, 1.82) is 0 Å². The van der Waals surface area contributed by atoms with Crippen LogP contribution >= 0.6 is 15.9 Å². The molecule has 110 valence electrons. The number of benzene rings is 1. The summed E-state index contributed by atoms with van der Waals surface area (Å²) < 4.78 is 3.40. The van der Waals surface area contributed by atoms with E-state index in [1.54, 1.807) is 0 Å². The van der Waals surface area contributed by atoms with Crippen molar-refractivity contribution in [3.8, 4) is 0 Å². The van der Waals surface area contributed by atoms with Crippen LogP contribution in [0.4, 0.5) is 5.69 Å². The summed E-state index contributed by atoms with van der Waals surface area (Å²) >= 11 is 3.76. The van der Waals surface area contributed by atoms with E-state index in [4.69, 9.17) is 0 Å². The maximum absolute atomic E-state index is 4.56. The van der Waals surface area contributed by atoms with Crippen LogP contribution in [0, 0.1) is 0 Å². The molecule has 0 atom stereocenters. The molecule has 1 aliphatic carbocycles. The summed E-state index contributed by atoms with van der Waals surface area (Å²) in [7, 11) is 0. The van der Waals surface area contributed by atoms with Crippen molar-refractivity contribution in [3.05, 3.63) is 22.9 Å². The highest BCUT2D eigenvalue weighted by molar-refractivity contribution is 9.10. The third-order valence-corrected chi connectivity index (χ3v) is 5.12. The van der Waals surface area contributed by atoms with Gasteiger partial charge in [-0.25, -0.2) is 4.98 Å². The van der Waals surface area contributed by atoms with Gasteiger partial charge in [0.2, 0.25) is 0 Å². The molecule has 1 aliphatic heterocycles. The highest BCUT2D eigenvalue weighted by atomic mass is 79.9. The van der Waals surface area contributed by atoms with Gasteiger partial charge in [-0.05, 0) is 40.9 Å². The lowest BCUT2D eigenvalue weighted by Gasteiger charge is -2.15. The van der Waals surface area contributed by atoms with Crippen molar-refractivity contribution in [2.75, 3.05) is 18.4 Å². The normalized spacial score (nSPS) is 19.0. The van der Waals surface area contributed by atoms with Gasteiger partial charge in [0, 0.05) is 12.6 Å². The maximum Gasteiger partial charge on any atom is 0.195 e. The number of rotatable bonds is 2. The summed E-state index contributed by atoms with van der Waals surface area (Å²) in [5, 5.41) is 6.60. The Balaban J connectivity index is 1.75. The van der Waals surface area contributed by atoms with Gasteiger partial charge in [-0.15, -0.1) is 0 Å². The van der Waals surface area contributed by atoms with Gasteiger partial charge in [-0.2, -0.15) is 0 Å². The lowest BCUT2D eigenvalue weighted by atomic mass is 10.2. The predicted octanol–water partition coefficient (Wildman–Crippen LogP) is 3.29. The number of hydrogen-bond donors (Lipinski definition) is 2. The minimum Gasteiger partial charge on any atom is -0.354 e. The molecule has 1 fully saturated rings. The molecule has 1 aromatic carbocycles. The number of fused-ring (bicyclic) bond motifs is 1. The number of hydrogen-bond acceptors (Lipinski definition) is 4. The Labute approximate surface area is 132 Å². The molecule has 4 rings (SSSR count). The van der Waals surface area contributed by atoms with Crippen molar-refractivity contribution in [3.63, 3.8) is 0 Å². The van der Waals surface area contributed by atoms with E-state index < -0.39 is 0 Å². The molecule has 2 heterocycles. The Morgan fingerprint density at radius 2 is 2.14 bits per heavy atom. The third-order valence-electron chi connectivity index (χ3n) is 4.32. The van der Waals surface area contributed by atoms with Gasteiger partial charge in [0.05, 0.1) is 34.1 Å². The Hall–Kier alpha value is -1.56. The summed E-state index contributed by atoms with van der Waals surface area (Å²) in [5.74, 6) is 0.849. The van der Waals surface area contributed by atoms with Crippen LogP contribution in [0.1, 0.15) is 31.7 Å². The number of nitrogens with one attached hydrogen (secondary N) is 2. The fraction of sp³-hybridized carbons (Fsp3) is 0.467. The van der Waals surface area contributed by atoms with Gasteiger partial charge in [0.25, 0.3) is 0 Å². The van der Waals surface area contributed by atoms with E-state index >= 15 is 0 Å². The Morgan fingerprint density at radius 1 is 1.29 bits per heavy atom. The topological polar surface area (TPSA) is 54.2 Å². The number of imidazole rings is 1. The third kappa shape index (κ3) is 2.31. The minimum atomic E-state index is 0.587. The van der Waals surface area contributed by atoms with E-state index in [9.17, 15) is 0 Å². The van der Waals surface area contributed by atoms with Crippen molar-refractivity contribution in [1.82, 2.24) is 14.9 Å². The summed E-state index contributed by atoms with van der Waals surface area (Å²) in [5.41, 5.74) is 3.27. The van der Waals surface area contributed by atoms with E-state index in [1.807, 2.05) is 6.33 Å². The largest absolute Gasteiger partial charge is 0.354 e. The molecule has 2 aliphatic rings. The second-order valence-electron chi connectivity index (χ2n) is 5.67. The summed E-state index contributed by atoms with van der Waals surface area (Å²) in [6.45, 7) is 1.74. The van der Waals surface area contributed by atoms with Crippen molar-refractivity contribution < 1.29 is 0 Å². The molecule has 1 saturated carbocycles. The molecule has 0 spiro atoms. The number of guanidine groups is 1. The van der Waals surface area contributed by atoms with Crippen LogP contribution in [0.2, 0.25) is 0 Å². The zero-order valence-corrected chi connectivity index (χ0v) is 13.4. The molecule has 1 aromatic heterocycles. The summed E-state index contributed by atoms with van der Waals surface area (Å²) in [6.07, 6.45) is 7.13. The zero-order valence-electron chi connectivity index (χ0n) is 11.8. The molecule has 21 heavy (non-hydrogen) atoms. The Bertz CT molecular complexity index is 699. The Morgan fingerprint density at radius 3 is 2.90 bits per heavy atom. The molecule has 2 aromatic rings. The first-order chi connectivity index (χ1) is 10.3. The van der Waals surface area contributed by atoms with Crippen LogP contribution < -0.4 is 10.6 Å². The van der Waals surface area contributed by atoms with Crippen LogP contribution in [-0.4, -0.2) is 28.6 Å². The fourth-order valence-corrected chi connectivity index (χ4v) is 3.89.